The molecule has 41 heavy (non-hydrogen) atoms. The van der Waals surface area contributed by atoms with E-state index in [-0.39, 0.29) is 0 Å². The van der Waals surface area contributed by atoms with Crippen molar-refractivity contribution in [3.63, 3.8) is 0 Å². The number of hydrogen-bond donors (Lipinski definition) is 12. The highest BCUT2D eigenvalue weighted by Crippen LogP contribution is 2.52. The van der Waals surface area contributed by atoms with Crippen LogP contribution in [0.3, 0.4) is 0 Å². The molecule has 3 rings (SSSR count). The van der Waals surface area contributed by atoms with Gasteiger partial charge in [0.1, 0.15) is 54.9 Å². The number of aliphatic hydroxyl groups is 12. The lowest BCUT2D eigenvalue weighted by Crippen LogP contribution is -2.60. The smallest absolute Gasteiger partial charge is 0.387 e. The van der Waals surface area contributed by atoms with Crippen LogP contribution in [0, 0.1) is 0 Å². The summed E-state index contributed by atoms with van der Waals surface area (Å²) in [5, 5.41) is 117. The zero-order chi connectivity index (χ0) is 31.1. The first kappa shape index (κ1) is 33.5. The molecule has 236 valence electrons. The first-order valence-electron chi connectivity index (χ1n) is 11.3. The van der Waals surface area contributed by atoms with Crippen LogP contribution < -0.4 is 0 Å². The molecule has 0 radical (unpaired) electrons. The van der Waals surface area contributed by atoms with Gasteiger partial charge in [0, 0.05) is 0 Å². The molecule has 3 saturated heterocycles. The zero-order valence-electron chi connectivity index (χ0n) is 20.1. The molecular weight excluding hydrogens is 599 g/mol. The van der Waals surface area contributed by atoms with Crippen molar-refractivity contribution in [2.24, 2.45) is 0 Å². The minimum atomic E-state index is -6.13. The molecule has 15 atom stereocenters. The van der Waals surface area contributed by atoms with E-state index in [4.69, 9.17) is 0 Å². The van der Waals surface area contributed by atoms with Crippen LogP contribution in [0.5, 0.6) is 0 Å². The first-order chi connectivity index (χ1) is 18.9. The topological polar surface area (TPSA) is 366 Å². The van der Waals surface area contributed by atoms with Crippen molar-refractivity contribution in [2.75, 3.05) is 0 Å². The average molecular weight is 626 g/mol. The molecule has 0 spiro atoms. The number of rotatable bonds is 6. The van der Waals surface area contributed by atoms with Gasteiger partial charge in [0.15, 0.2) is 37.2 Å². The highest BCUT2D eigenvalue weighted by Gasteiger charge is 2.55. The van der Waals surface area contributed by atoms with Crippen LogP contribution in [0.15, 0.2) is 0 Å². The number of hydrogen-bond acceptors (Lipinski definition) is 22. The Morgan fingerprint density at radius 2 is 0.634 bits per heavy atom. The van der Waals surface area contributed by atoms with Gasteiger partial charge in [0.25, 0.3) is 0 Å². The Bertz CT molecular complexity index is 901. The molecule has 22 nitrogen and oxygen atoms in total. The zero-order valence-corrected chi connectivity index (χ0v) is 21.0. The molecular formula is C18H27O22P. The van der Waals surface area contributed by atoms with Crippen LogP contribution in [-0.2, 0) is 46.7 Å². The van der Waals surface area contributed by atoms with E-state index in [1.165, 1.54) is 0 Å². The van der Waals surface area contributed by atoms with E-state index in [1.54, 1.807) is 0 Å². The van der Waals surface area contributed by atoms with Crippen molar-refractivity contribution in [1.82, 2.24) is 0 Å². The predicted octanol–water partition coefficient (Wildman–Crippen LogP) is -8.88. The summed E-state index contributed by atoms with van der Waals surface area (Å²) in [4.78, 5) is 37.8. The predicted molar refractivity (Wildman–Crippen MR) is 113 cm³/mol. The van der Waals surface area contributed by atoms with Gasteiger partial charge >= 0.3 is 25.7 Å². The molecule has 0 aromatic carbocycles. The van der Waals surface area contributed by atoms with E-state index in [2.05, 4.69) is 27.8 Å². The molecule has 0 aliphatic carbocycles. The van der Waals surface area contributed by atoms with Crippen molar-refractivity contribution in [3.8, 4) is 0 Å². The number of phosphoric ester groups is 1. The van der Waals surface area contributed by atoms with E-state index in [0.717, 1.165) is 0 Å². The lowest BCUT2D eigenvalue weighted by atomic mass is 9.99. The van der Waals surface area contributed by atoms with Gasteiger partial charge in [-0.1, -0.05) is 0 Å². The van der Waals surface area contributed by atoms with E-state index >= 15 is 0 Å². The molecule has 3 heterocycles. The Hall–Kier alpha value is -1.96. The fourth-order valence-electron chi connectivity index (χ4n) is 3.71. The van der Waals surface area contributed by atoms with E-state index in [9.17, 15) is 80.2 Å². The summed E-state index contributed by atoms with van der Waals surface area (Å²) in [6.07, 6.45) is -35.1. The summed E-state index contributed by atoms with van der Waals surface area (Å²) in [5.74, 6) is -6.31. The second-order valence-electron chi connectivity index (χ2n) is 8.94. The lowest BCUT2D eigenvalue weighted by Gasteiger charge is -2.38. The van der Waals surface area contributed by atoms with Crippen LogP contribution in [0.2, 0.25) is 0 Å². The molecule has 15 unspecified atom stereocenters. The fourth-order valence-corrected chi connectivity index (χ4v) is 4.79. The number of carbonyl (C=O) groups excluding carboxylic acids is 3. The van der Waals surface area contributed by atoms with Gasteiger partial charge in [-0.05, 0) is 0 Å². The van der Waals surface area contributed by atoms with E-state index in [0.29, 0.717) is 0 Å². The summed E-state index contributed by atoms with van der Waals surface area (Å²) in [5.41, 5.74) is 0. The normalized spacial score (nSPS) is 46.6. The largest absolute Gasteiger partial charge is 0.654 e. The molecule has 0 aromatic heterocycles. The summed E-state index contributed by atoms with van der Waals surface area (Å²) < 4.78 is 40.0. The van der Waals surface area contributed by atoms with Gasteiger partial charge in [-0.3, -0.25) is 0 Å². The molecule has 23 heteroatoms. The van der Waals surface area contributed by atoms with Crippen molar-refractivity contribution < 1.29 is 108 Å². The molecule has 3 aliphatic rings. The van der Waals surface area contributed by atoms with Crippen LogP contribution >= 0.6 is 7.82 Å². The number of ether oxygens (including phenoxy) is 3. The van der Waals surface area contributed by atoms with Crippen molar-refractivity contribution >= 4 is 25.7 Å². The third-order valence-electron chi connectivity index (χ3n) is 6.07. The standard InChI is InChI=1S/C18H27O22P/c19-1-4(22)10(35-13(28)7(1)25)16(31)38-41(34,39-17(32)11-5(23)2(20)8(26)14(29)36-11)40-18(33)12-6(24)3(21)9(27)15(30)37-12/h1-15,19-30H. The molecule has 3 fully saturated rings. The Labute approximate surface area is 226 Å². The second-order valence-corrected chi connectivity index (χ2v) is 10.4. The Morgan fingerprint density at radius 3 is 0.854 bits per heavy atom. The van der Waals surface area contributed by atoms with Gasteiger partial charge < -0.3 is 89.1 Å². The highest BCUT2D eigenvalue weighted by atomic mass is 31.2. The summed E-state index contributed by atoms with van der Waals surface area (Å²) in [7, 11) is -6.13. The monoisotopic (exact) mass is 626 g/mol. The third kappa shape index (κ3) is 6.83. The first-order valence-corrected chi connectivity index (χ1v) is 12.8. The minimum absolute atomic E-state index is 2.10. The molecule has 0 aromatic rings. The van der Waals surface area contributed by atoms with Crippen molar-refractivity contribution in [3.05, 3.63) is 0 Å². The SMILES string of the molecule is O=C(OP(=O)(OC(=O)C1OC(O)C(O)C(O)C1O)OC(=O)C1OC(O)C(O)C(O)C1O)C1OC(O)C(O)C(O)C1O. The number of phosphoric acid groups is 1. The van der Waals surface area contributed by atoms with Gasteiger partial charge in [0.2, 0.25) is 0 Å². The second kappa shape index (κ2) is 12.7. The van der Waals surface area contributed by atoms with E-state index < -0.39 is 118 Å². The maximum atomic E-state index is 13.3. The maximum absolute atomic E-state index is 13.3. The lowest BCUT2D eigenvalue weighted by molar-refractivity contribution is -0.281. The van der Waals surface area contributed by atoms with Crippen molar-refractivity contribution in [1.29, 1.82) is 0 Å². The van der Waals surface area contributed by atoms with Crippen LogP contribution in [-0.4, -0.2) is 171 Å². The molecule has 3 aliphatic heterocycles. The number of aliphatic hydroxyl groups excluding tert-OH is 12. The van der Waals surface area contributed by atoms with Gasteiger partial charge in [0.05, 0.1) is 0 Å². The summed E-state index contributed by atoms with van der Waals surface area (Å²) >= 11 is 0. The Kier molecular flexibility index (Phi) is 10.4. The molecule has 0 bridgehead atoms. The highest BCUT2D eigenvalue weighted by molar-refractivity contribution is 7.50. The molecule has 12 N–H and O–H groups in total. The third-order valence-corrected chi connectivity index (χ3v) is 7.28. The summed E-state index contributed by atoms with van der Waals surface area (Å²) in [6.45, 7) is 0. The Balaban J connectivity index is 1.87. The molecule has 0 amide bonds. The van der Waals surface area contributed by atoms with Crippen molar-refractivity contribution in [2.45, 2.75) is 92.1 Å². The average Bonchev–Trinajstić information content (AvgIpc) is 2.90. The number of carbonyl (C=O) groups is 3. The summed E-state index contributed by atoms with van der Waals surface area (Å²) in [6, 6.07) is 0. The van der Waals surface area contributed by atoms with E-state index in [1.807, 2.05) is 0 Å². The Morgan fingerprint density at radius 1 is 0.415 bits per heavy atom. The molecule has 0 saturated carbocycles. The van der Waals surface area contributed by atoms with Gasteiger partial charge in [-0.15, -0.1) is 0 Å². The fraction of sp³-hybridized carbons (Fsp3) is 0.833. The van der Waals surface area contributed by atoms with Gasteiger partial charge in [-0.2, -0.15) is 4.57 Å². The minimum Gasteiger partial charge on any atom is -0.387 e. The van der Waals surface area contributed by atoms with Gasteiger partial charge in [-0.25, -0.2) is 14.4 Å². The quantitative estimate of drug-likeness (QED) is 0.122. The van der Waals surface area contributed by atoms with Crippen LogP contribution in [0.25, 0.3) is 0 Å². The van der Waals surface area contributed by atoms with Crippen LogP contribution in [0.4, 0.5) is 0 Å². The van der Waals surface area contributed by atoms with Crippen LogP contribution in [0.1, 0.15) is 0 Å². The maximum Gasteiger partial charge on any atom is 0.654 e.